The van der Waals surface area contributed by atoms with Gasteiger partial charge >= 0.3 is 0 Å². The Morgan fingerprint density at radius 3 is 2.61 bits per heavy atom. The predicted molar refractivity (Wildman–Crippen MR) is 107 cm³/mol. The van der Waals surface area contributed by atoms with Crippen molar-refractivity contribution in [3.05, 3.63) is 70.6 Å². The molecule has 0 aliphatic carbocycles. The van der Waals surface area contributed by atoms with Crippen LogP contribution in [0.15, 0.2) is 48.0 Å². The topological polar surface area (TPSA) is 30.9 Å². The third-order valence-electron chi connectivity index (χ3n) is 5.56. The van der Waals surface area contributed by atoms with Crippen LogP contribution in [0.4, 0.5) is 4.39 Å². The average molecular weight is 383 g/mol. The van der Waals surface area contributed by atoms with Crippen LogP contribution in [0.3, 0.4) is 0 Å². The lowest BCUT2D eigenvalue weighted by atomic mass is 9.87. The second-order valence-electron chi connectivity index (χ2n) is 7.25. The summed E-state index contributed by atoms with van der Waals surface area (Å²) < 4.78 is 31.5. The molecule has 2 heterocycles. The number of hydrogen-bond acceptors (Lipinski definition) is 4. The van der Waals surface area contributed by atoms with E-state index in [9.17, 15) is 4.39 Å². The summed E-state index contributed by atoms with van der Waals surface area (Å²) in [6, 6.07) is 10.9. The Morgan fingerprint density at radius 2 is 1.89 bits per heavy atom. The summed E-state index contributed by atoms with van der Waals surface area (Å²) in [4.78, 5) is 2.34. The van der Waals surface area contributed by atoms with Crippen LogP contribution in [0.2, 0.25) is 0 Å². The van der Waals surface area contributed by atoms with Gasteiger partial charge in [0, 0.05) is 18.7 Å². The third kappa shape index (κ3) is 3.64. The zero-order valence-corrected chi connectivity index (χ0v) is 16.4. The molecule has 2 aromatic carbocycles. The van der Waals surface area contributed by atoms with Crippen molar-refractivity contribution in [2.75, 3.05) is 40.5 Å². The van der Waals surface area contributed by atoms with Crippen molar-refractivity contribution in [2.45, 2.75) is 18.9 Å². The summed E-state index contributed by atoms with van der Waals surface area (Å²) in [5.41, 5.74) is 4.20. The van der Waals surface area contributed by atoms with Crippen LogP contribution in [0.1, 0.15) is 29.2 Å². The van der Waals surface area contributed by atoms with Crippen molar-refractivity contribution in [2.24, 2.45) is 0 Å². The maximum atomic E-state index is 14.8. The minimum absolute atomic E-state index is 0.174. The molecule has 2 aliphatic rings. The van der Waals surface area contributed by atoms with E-state index in [4.69, 9.17) is 14.2 Å². The van der Waals surface area contributed by atoms with Crippen LogP contribution in [0.5, 0.6) is 11.5 Å². The Labute approximate surface area is 165 Å². The number of benzene rings is 2. The fourth-order valence-corrected chi connectivity index (χ4v) is 4.21. The largest absolute Gasteiger partial charge is 0.493 e. The predicted octanol–water partition coefficient (Wildman–Crippen LogP) is 4.14. The monoisotopic (exact) mass is 383 g/mol. The highest BCUT2D eigenvalue weighted by Gasteiger charge is 2.32. The Morgan fingerprint density at radius 1 is 1.11 bits per heavy atom. The van der Waals surface area contributed by atoms with Crippen LogP contribution >= 0.6 is 0 Å². The van der Waals surface area contributed by atoms with E-state index < -0.39 is 0 Å². The van der Waals surface area contributed by atoms with Gasteiger partial charge in [-0.15, -0.1) is 0 Å². The van der Waals surface area contributed by atoms with Gasteiger partial charge in [0.25, 0.3) is 0 Å². The summed E-state index contributed by atoms with van der Waals surface area (Å²) in [5, 5.41) is 0. The number of rotatable bonds is 5. The molecule has 2 aliphatic heterocycles. The Balaban J connectivity index is 1.79. The van der Waals surface area contributed by atoms with E-state index in [0.29, 0.717) is 23.7 Å². The highest BCUT2D eigenvalue weighted by molar-refractivity contribution is 5.52. The molecule has 5 heteroatoms. The molecule has 2 aromatic rings. The maximum Gasteiger partial charge on any atom is 0.161 e. The van der Waals surface area contributed by atoms with E-state index >= 15 is 0 Å². The molecule has 0 aromatic heterocycles. The molecule has 1 unspecified atom stereocenters. The van der Waals surface area contributed by atoms with Gasteiger partial charge in [-0.05, 0) is 47.7 Å². The van der Waals surface area contributed by atoms with Crippen molar-refractivity contribution >= 4 is 0 Å². The molecule has 1 atom stereocenters. The lowest BCUT2D eigenvalue weighted by Crippen LogP contribution is -2.38. The zero-order chi connectivity index (χ0) is 19.5. The van der Waals surface area contributed by atoms with Crippen LogP contribution in [-0.2, 0) is 11.2 Å². The van der Waals surface area contributed by atoms with E-state index in [1.165, 1.54) is 17.2 Å². The molecule has 0 fully saturated rings. The quantitative estimate of drug-likeness (QED) is 0.727. The second kappa shape index (κ2) is 8.33. The Hall–Kier alpha value is -2.37. The van der Waals surface area contributed by atoms with Crippen LogP contribution in [0.25, 0.3) is 0 Å². The van der Waals surface area contributed by atoms with Gasteiger partial charge < -0.3 is 14.2 Å². The molecule has 0 bridgehead atoms. The highest BCUT2D eigenvalue weighted by Crippen LogP contribution is 2.41. The molecule has 4 rings (SSSR count). The van der Waals surface area contributed by atoms with Crippen LogP contribution in [0, 0.1) is 5.82 Å². The minimum Gasteiger partial charge on any atom is -0.493 e. The Bertz CT molecular complexity index is 880. The van der Waals surface area contributed by atoms with E-state index in [-0.39, 0.29) is 11.9 Å². The molecule has 0 N–H and O–H groups in total. The van der Waals surface area contributed by atoms with Crippen molar-refractivity contribution in [3.63, 3.8) is 0 Å². The second-order valence-corrected chi connectivity index (χ2v) is 7.25. The van der Waals surface area contributed by atoms with Crippen molar-refractivity contribution < 1.29 is 18.6 Å². The van der Waals surface area contributed by atoms with Gasteiger partial charge in [0.15, 0.2) is 11.5 Å². The molecule has 0 amide bonds. The van der Waals surface area contributed by atoms with E-state index in [1.807, 2.05) is 24.3 Å². The van der Waals surface area contributed by atoms with Crippen molar-refractivity contribution in [3.8, 4) is 11.5 Å². The van der Waals surface area contributed by atoms with Gasteiger partial charge in [0.1, 0.15) is 5.82 Å². The molecular formula is C23H26FNO3. The highest BCUT2D eigenvalue weighted by atomic mass is 19.1. The first-order valence-electron chi connectivity index (χ1n) is 9.70. The Kier molecular flexibility index (Phi) is 5.64. The zero-order valence-electron chi connectivity index (χ0n) is 16.4. The first kappa shape index (κ1) is 19.0. The molecule has 28 heavy (non-hydrogen) atoms. The van der Waals surface area contributed by atoms with Crippen LogP contribution < -0.4 is 9.47 Å². The smallest absolute Gasteiger partial charge is 0.161 e. The molecule has 0 saturated carbocycles. The van der Waals surface area contributed by atoms with Crippen molar-refractivity contribution in [1.82, 2.24) is 4.90 Å². The first-order chi connectivity index (χ1) is 13.7. The van der Waals surface area contributed by atoms with Gasteiger partial charge in [0.05, 0.1) is 33.5 Å². The number of ether oxygens (including phenoxy) is 3. The van der Waals surface area contributed by atoms with Gasteiger partial charge in [-0.3, -0.25) is 4.90 Å². The lowest BCUT2D eigenvalue weighted by molar-refractivity contribution is 0.136. The van der Waals surface area contributed by atoms with Gasteiger partial charge in [-0.1, -0.05) is 24.3 Å². The molecule has 0 spiro atoms. The van der Waals surface area contributed by atoms with E-state index in [2.05, 4.69) is 11.0 Å². The fourth-order valence-electron chi connectivity index (χ4n) is 4.21. The molecular weight excluding hydrogens is 357 g/mol. The van der Waals surface area contributed by atoms with E-state index in [0.717, 1.165) is 38.1 Å². The number of fused-ring (bicyclic) bond motifs is 1. The van der Waals surface area contributed by atoms with Gasteiger partial charge in [-0.25, -0.2) is 4.39 Å². The summed E-state index contributed by atoms with van der Waals surface area (Å²) in [6.07, 6.45) is 4.08. The van der Waals surface area contributed by atoms with Crippen LogP contribution in [-0.4, -0.2) is 45.4 Å². The van der Waals surface area contributed by atoms with Gasteiger partial charge in [-0.2, -0.15) is 0 Å². The van der Waals surface area contributed by atoms with Gasteiger partial charge in [0.2, 0.25) is 0 Å². The molecule has 0 saturated heterocycles. The molecule has 0 radical (unpaired) electrons. The molecule has 4 nitrogen and oxygen atoms in total. The standard InChI is InChI=1S/C23H26FNO3/c1-26-21-12-17-9-10-25(14-16-6-5-11-28-15-16)23(19(17)13-22(21)27-2)18-7-3-4-8-20(18)24/h3-4,6-8,12-13,23H,5,9-11,14-15H2,1-2H3. The average Bonchev–Trinajstić information content (AvgIpc) is 2.74. The van der Waals surface area contributed by atoms with Crippen molar-refractivity contribution in [1.29, 1.82) is 0 Å². The number of hydrogen-bond donors (Lipinski definition) is 0. The number of methoxy groups -OCH3 is 2. The maximum absolute atomic E-state index is 14.8. The third-order valence-corrected chi connectivity index (χ3v) is 5.56. The minimum atomic E-state index is -0.186. The number of nitrogens with zero attached hydrogens (tertiary/aromatic N) is 1. The fraction of sp³-hybridized carbons (Fsp3) is 0.391. The van der Waals surface area contributed by atoms with E-state index in [1.54, 1.807) is 20.3 Å². The summed E-state index contributed by atoms with van der Waals surface area (Å²) >= 11 is 0. The number of halogens is 1. The lowest BCUT2D eigenvalue weighted by Gasteiger charge is -2.39. The molecule has 148 valence electrons. The first-order valence-corrected chi connectivity index (χ1v) is 9.70. The summed E-state index contributed by atoms with van der Waals surface area (Å²) in [7, 11) is 3.27. The SMILES string of the molecule is COc1cc2c(cc1OC)C(c1ccccc1F)N(CC1=CCCOC1)CC2. The summed E-state index contributed by atoms with van der Waals surface area (Å²) in [6.45, 7) is 3.05. The normalized spacial score (nSPS) is 19.7. The summed E-state index contributed by atoms with van der Waals surface area (Å²) in [5.74, 6) is 1.20.